The van der Waals surface area contributed by atoms with Crippen LogP contribution < -0.4 is 9.47 Å². The van der Waals surface area contributed by atoms with Crippen molar-refractivity contribution >= 4 is 17.7 Å². The SMILES string of the molecule is CC(C)Cc1cccc(C(=O)c2ccc(OC(=O)Oc3ccc(C(=O)c4cccc(CC(C)C)c4O)cc3)cc2)c1O. The normalized spacial score (nSPS) is 11.0. The van der Waals surface area contributed by atoms with Gasteiger partial charge in [0.15, 0.2) is 11.6 Å². The lowest BCUT2D eigenvalue weighted by Gasteiger charge is -2.11. The molecule has 0 heterocycles. The Labute approximate surface area is 245 Å². The summed E-state index contributed by atoms with van der Waals surface area (Å²) < 4.78 is 10.5. The molecule has 0 aliphatic rings. The van der Waals surface area contributed by atoms with E-state index in [-0.39, 0.29) is 45.7 Å². The molecule has 0 atom stereocenters. The first-order valence-electron chi connectivity index (χ1n) is 13.8. The molecule has 4 rings (SSSR count). The van der Waals surface area contributed by atoms with Crippen LogP contribution in [0.15, 0.2) is 84.9 Å². The summed E-state index contributed by atoms with van der Waals surface area (Å²) in [4.78, 5) is 38.3. The van der Waals surface area contributed by atoms with Gasteiger partial charge >= 0.3 is 6.16 Å². The lowest BCUT2D eigenvalue weighted by molar-refractivity contribution is 0.102. The summed E-state index contributed by atoms with van der Waals surface area (Å²) in [6, 6.07) is 22.1. The first kappa shape index (κ1) is 30.1. The predicted octanol–water partition coefficient (Wildman–Crippen LogP) is 7.53. The van der Waals surface area contributed by atoms with Crippen molar-refractivity contribution in [2.75, 3.05) is 0 Å². The summed E-state index contributed by atoms with van der Waals surface area (Å²) in [5.74, 6) is 0.238. The highest BCUT2D eigenvalue weighted by Crippen LogP contribution is 2.29. The maximum atomic E-state index is 13.0. The van der Waals surface area contributed by atoms with Crippen molar-refractivity contribution in [1.82, 2.24) is 0 Å². The zero-order valence-corrected chi connectivity index (χ0v) is 24.1. The summed E-state index contributed by atoms with van der Waals surface area (Å²) in [5.41, 5.74) is 2.50. The van der Waals surface area contributed by atoms with Crippen LogP contribution in [0.25, 0.3) is 0 Å². The molecule has 0 amide bonds. The number of para-hydroxylation sites is 2. The Kier molecular flexibility index (Phi) is 9.42. The maximum absolute atomic E-state index is 13.0. The molecule has 0 unspecified atom stereocenters. The Hall–Kier alpha value is -4.91. The number of ether oxygens (including phenoxy) is 2. The molecule has 4 aromatic carbocycles. The van der Waals surface area contributed by atoms with Crippen LogP contribution in [-0.4, -0.2) is 27.9 Å². The minimum Gasteiger partial charge on any atom is -0.507 e. The van der Waals surface area contributed by atoms with Crippen LogP contribution in [-0.2, 0) is 12.8 Å². The fourth-order valence-corrected chi connectivity index (χ4v) is 4.63. The molecule has 0 saturated carbocycles. The van der Waals surface area contributed by atoms with E-state index >= 15 is 0 Å². The van der Waals surface area contributed by atoms with Crippen LogP contribution in [0.5, 0.6) is 23.0 Å². The highest BCUT2D eigenvalue weighted by Gasteiger charge is 2.19. The molecule has 7 heteroatoms. The Morgan fingerprint density at radius 2 is 0.929 bits per heavy atom. The Bertz CT molecular complexity index is 1460. The van der Waals surface area contributed by atoms with Gasteiger partial charge in [0.25, 0.3) is 0 Å². The maximum Gasteiger partial charge on any atom is 0.519 e. The van der Waals surface area contributed by atoms with Gasteiger partial charge in [-0.2, -0.15) is 0 Å². The summed E-state index contributed by atoms with van der Waals surface area (Å²) in [6.45, 7) is 8.15. The number of phenols is 2. The van der Waals surface area contributed by atoms with E-state index in [1.165, 1.54) is 48.5 Å². The smallest absolute Gasteiger partial charge is 0.507 e. The largest absolute Gasteiger partial charge is 0.519 e. The fourth-order valence-electron chi connectivity index (χ4n) is 4.63. The van der Waals surface area contributed by atoms with E-state index in [2.05, 4.69) is 0 Å². The third kappa shape index (κ3) is 7.23. The molecule has 0 spiro atoms. The standard InChI is InChI=1S/C35H34O7/c1-21(2)19-25-7-5-9-29(33(25)38)31(36)23-11-15-27(16-12-23)41-35(40)42-28-17-13-24(14-18-28)32(37)30-10-6-8-26(34(30)39)20-22(3)4/h5-18,21-22,38-39H,19-20H2,1-4H3. The molecule has 0 saturated heterocycles. The van der Waals surface area contributed by atoms with E-state index in [0.29, 0.717) is 46.9 Å². The number of hydrogen-bond donors (Lipinski definition) is 2. The number of phenolic OH excluding ortho intramolecular Hbond substituents is 2. The van der Waals surface area contributed by atoms with Crippen molar-refractivity contribution in [3.05, 3.63) is 118 Å². The van der Waals surface area contributed by atoms with Crippen LogP contribution in [0.4, 0.5) is 4.79 Å². The van der Waals surface area contributed by atoms with E-state index in [0.717, 1.165) is 0 Å². The first-order chi connectivity index (χ1) is 20.0. The molecule has 4 aromatic rings. The van der Waals surface area contributed by atoms with Crippen molar-refractivity contribution < 1.29 is 34.1 Å². The van der Waals surface area contributed by atoms with Gasteiger partial charge in [-0.05, 0) is 96.5 Å². The van der Waals surface area contributed by atoms with Crippen LogP contribution in [0.2, 0.25) is 0 Å². The number of ketones is 2. The van der Waals surface area contributed by atoms with Crippen LogP contribution in [0.1, 0.15) is 70.7 Å². The molecule has 0 aromatic heterocycles. The van der Waals surface area contributed by atoms with Crippen molar-refractivity contribution in [2.24, 2.45) is 11.8 Å². The molecule has 0 aliphatic carbocycles. The highest BCUT2D eigenvalue weighted by molar-refractivity contribution is 6.11. The van der Waals surface area contributed by atoms with Gasteiger partial charge in [0.2, 0.25) is 0 Å². The number of benzene rings is 4. The van der Waals surface area contributed by atoms with E-state index in [1.807, 2.05) is 27.7 Å². The molecule has 0 radical (unpaired) electrons. The van der Waals surface area contributed by atoms with Gasteiger partial charge in [-0.25, -0.2) is 4.79 Å². The average molecular weight is 567 g/mol. The van der Waals surface area contributed by atoms with E-state index in [1.54, 1.807) is 36.4 Å². The van der Waals surface area contributed by atoms with Crippen molar-refractivity contribution in [3.8, 4) is 23.0 Å². The number of carbonyl (C=O) groups is 3. The third-order valence-electron chi connectivity index (χ3n) is 6.62. The number of carbonyl (C=O) groups excluding carboxylic acids is 3. The van der Waals surface area contributed by atoms with Crippen molar-refractivity contribution in [3.63, 3.8) is 0 Å². The van der Waals surface area contributed by atoms with E-state index in [4.69, 9.17) is 9.47 Å². The number of hydrogen-bond acceptors (Lipinski definition) is 7. The molecule has 42 heavy (non-hydrogen) atoms. The lowest BCUT2D eigenvalue weighted by atomic mass is 9.96. The van der Waals surface area contributed by atoms with Crippen molar-refractivity contribution in [2.45, 2.75) is 40.5 Å². The van der Waals surface area contributed by atoms with E-state index in [9.17, 15) is 24.6 Å². The minimum absolute atomic E-state index is 0.0238. The Morgan fingerprint density at radius 1 is 0.571 bits per heavy atom. The minimum atomic E-state index is -0.994. The van der Waals surface area contributed by atoms with Crippen LogP contribution >= 0.6 is 0 Å². The van der Waals surface area contributed by atoms with Gasteiger partial charge in [-0.3, -0.25) is 9.59 Å². The van der Waals surface area contributed by atoms with Gasteiger partial charge in [-0.1, -0.05) is 52.0 Å². The number of rotatable bonds is 10. The second kappa shape index (κ2) is 13.2. The van der Waals surface area contributed by atoms with Gasteiger partial charge in [0.05, 0.1) is 11.1 Å². The summed E-state index contributed by atoms with van der Waals surface area (Å²) in [6.07, 6.45) is 0.305. The van der Waals surface area contributed by atoms with Gasteiger partial charge in [-0.15, -0.1) is 0 Å². The molecule has 7 nitrogen and oxygen atoms in total. The molecule has 0 bridgehead atoms. The van der Waals surface area contributed by atoms with E-state index < -0.39 is 6.16 Å². The Morgan fingerprint density at radius 3 is 1.26 bits per heavy atom. The Balaban J connectivity index is 1.38. The first-order valence-corrected chi connectivity index (χ1v) is 13.8. The van der Waals surface area contributed by atoms with Gasteiger partial charge in [0, 0.05) is 11.1 Å². The van der Waals surface area contributed by atoms with Gasteiger partial charge < -0.3 is 19.7 Å². The predicted molar refractivity (Wildman–Crippen MR) is 160 cm³/mol. The number of aromatic hydroxyl groups is 2. The summed E-state index contributed by atoms with van der Waals surface area (Å²) >= 11 is 0. The molecule has 216 valence electrons. The quantitative estimate of drug-likeness (QED) is 0.116. The van der Waals surface area contributed by atoms with Crippen LogP contribution in [0, 0.1) is 11.8 Å². The second-order valence-electron chi connectivity index (χ2n) is 11.0. The fraction of sp³-hybridized carbons (Fsp3) is 0.229. The average Bonchev–Trinajstić information content (AvgIpc) is 2.95. The molecule has 0 fully saturated rings. The second-order valence-corrected chi connectivity index (χ2v) is 11.0. The summed E-state index contributed by atoms with van der Waals surface area (Å²) in [5, 5.41) is 21.2. The topological polar surface area (TPSA) is 110 Å². The zero-order chi connectivity index (χ0) is 30.4. The zero-order valence-electron chi connectivity index (χ0n) is 24.1. The third-order valence-corrected chi connectivity index (χ3v) is 6.62. The highest BCUT2D eigenvalue weighted by atomic mass is 16.7. The monoisotopic (exact) mass is 566 g/mol. The van der Waals surface area contributed by atoms with Crippen LogP contribution in [0.3, 0.4) is 0 Å². The van der Waals surface area contributed by atoms with Crippen molar-refractivity contribution in [1.29, 1.82) is 0 Å². The molecular weight excluding hydrogens is 532 g/mol. The molecule has 2 N–H and O–H groups in total. The summed E-state index contributed by atoms with van der Waals surface area (Å²) in [7, 11) is 0. The molecular formula is C35H34O7. The lowest BCUT2D eigenvalue weighted by Crippen LogP contribution is -2.14. The molecule has 0 aliphatic heterocycles. The van der Waals surface area contributed by atoms with Gasteiger partial charge in [0.1, 0.15) is 23.0 Å².